The molecule has 0 saturated carbocycles. The van der Waals surface area contributed by atoms with Crippen LogP contribution in [0.2, 0.25) is 5.02 Å². The minimum atomic E-state index is -0.430. The molecule has 0 fully saturated rings. The van der Waals surface area contributed by atoms with Gasteiger partial charge in [0.2, 0.25) is 0 Å². The molecule has 1 heterocycles. The summed E-state index contributed by atoms with van der Waals surface area (Å²) in [5.74, 6) is 0.419. The normalized spacial score (nSPS) is 12.0. The fraction of sp³-hybridized carbons (Fsp3) is 0.333. The second kappa shape index (κ2) is 6.84. The van der Waals surface area contributed by atoms with Crippen LogP contribution in [0.5, 0.6) is 0 Å². The van der Waals surface area contributed by atoms with Crippen LogP contribution >= 0.6 is 24.0 Å². The van der Waals surface area contributed by atoms with E-state index in [2.05, 4.69) is 15.5 Å². The molecule has 104 valence electrons. The molecular formula is C12H14Cl2FN3O. The monoisotopic (exact) mass is 305 g/mol. The van der Waals surface area contributed by atoms with Crippen molar-refractivity contribution in [3.05, 3.63) is 34.9 Å². The van der Waals surface area contributed by atoms with E-state index in [1.165, 1.54) is 12.1 Å². The lowest BCUT2D eigenvalue weighted by molar-refractivity contribution is 0.418. The van der Waals surface area contributed by atoms with E-state index in [9.17, 15) is 4.39 Å². The van der Waals surface area contributed by atoms with E-state index >= 15 is 0 Å². The molecule has 0 amide bonds. The predicted molar refractivity (Wildman–Crippen MR) is 74.2 cm³/mol. The first-order chi connectivity index (χ1) is 8.58. The van der Waals surface area contributed by atoms with Crippen molar-refractivity contribution >= 4 is 24.0 Å². The summed E-state index contributed by atoms with van der Waals surface area (Å²) in [6.07, 6.45) is 0.642. The Balaban J connectivity index is 0.00000180. The van der Waals surface area contributed by atoms with Gasteiger partial charge in [-0.2, -0.15) is 4.98 Å². The van der Waals surface area contributed by atoms with E-state index in [4.69, 9.17) is 16.1 Å². The number of hydrogen-bond donors (Lipinski definition) is 1. The van der Waals surface area contributed by atoms with Gasteiger partial charge in [-0.15, -0.1) is 12.4 Å². The highest BCUT2D eigenvalue weighted by molar-refractivity contribution is 6.30. The third kappa shape index (κ3) is 4.16. The first kappa shape index (κ1) is 15.9. The molecule has 2 aromatic rings. The number of likely N-dealkylation sites (N-methyl/N-ethyl adjacent to an activating group) is 1. The standard InChI is InChI=1S/C12H13ClFN3O.ClH/c1-7(15-2)3-11-16-12(18-17-11)8-4-9(13)6-10(14)5-8;/h4-7,15H,3H2,1-2H3;1H. The van der Waals surface area contributed by atoms with Crippen LogP contribution < -0.4 is 5.32 Å². The topological polar surface area (TPSA) is 51.0 Å². The lowest BCUT2D eigenvalue weighted by atomic mass is 10.2. The SMILES string of the molecule is CNC(C)Cc1noc(-c2cc(F)cc(Cl)c2)n1.Cl. The second-order valence-corrected chi connectivity index (χ2v) is 4.50. The number of halogens is 3. The zero-order chi connectivity index (χ0) is 13.1. The van der Waals surface area contributed by atoms with Gasteiger partial charge in [0.15, 0.2) is 5.82 Å². The number of nitrogens with zero attached hydrogens (tertiary/aromatic N) is 2. The molecule has 1 aromatic carbocycles. The number of nitrogens with one attached hydrogen (secondary N) is 1. The first-order valence-corrected chi connectivity index (χ1v) is 5.92. The number of benzene rings is 1. The van der Waals surface area contributed by atoms with Crippen molar-refractivity contribution in [3.63, 3.8) is 0 Å². The Kier molecular flexibility index (Phi) is 5.72. The minimum Gasteiger partial charge on any atom is -0.334 e. The maximum atomic E-state index is 13.2. The third-order valence-corrected chi connectivity index (χ3v) is 2.78. The number of aromatic nitrogens is 2. The lowest BCUT2D eigenvalue weighted by Crippen LogP contribution is -2.24. The van der Waals surface area contributed by atoms with Gasteiger partial charge in [0.25, 0.3) is 5.89 Å². The van der Waals surface area contributed by atoms with Crippen LogP contribution in [0.15, 0.2) is 22.7 Å². The Labute approximate surface area is 121 Å². The Morgan fingerprint density at radius 1 is 1.42 bits per heavy atom. The van der Waals surface area contributed by atoms with E-state index in [0.29, 0.717) is 22.8 Å². The van der Waals surface area contributed by atoms with Gasteiger partial charge in [-0.1, -0.05) is 16.8 Å². The molecule has 0 spiro atoms. The average Bonchev–Trinajstić information content (AvgIpc) is 2.76. The molecule has 19 heavy (non-hydrogen) atoms. The molecule has 2 rings (SSSR count). The van der Waals surface area contributed by atoms with Crippen molar-refractivity contribution in [1.82, 2.24) is 15.5 Å². The molecule has 7 heteroatoms. The van der Waals surface area contributed by atoms with Gasteiger partial charge < -0.3 is 9.84 Å². The van der Waals surface area contributed by atoms with Gasteiger partial charge >= 0.3 is 0 Å². The van der Waals surface area contributed by atoms with Crippen LogP contribution in [-0.2, 0) is 6.42 Å². The van der Waals surface area contributed by atoms with E-state index in [0.717, 1.165) is 0 Å². The van der Waals surface area contributed by atoms with Gasteiger partial charge in [0.1, 0.15) is 5.82 Å². The highest BCUT2D eigenvalue weighted by atomic mass is 35.5. The summed E-state index contributed by atoms with van der Waals surface area (Å²) in [6.45, 7) is 2.01. The summed E-state index contributed by atoms with van der Waals surface area (Å²) in [4.78, 5) is 4.21. The van der Waals surface area contributed by atoms with E-state index in [-0.39, 0.29) is 24.3 Å². The molecule has 4 nitrogen and oxygen atoms in total. The third-order valence-electron chi connectivity index (χ3n) is 2.56. The van der Waals surface area contributed by atoms with E-state index in [1.54, 1.807) is 6.07 Å². The van der Waals surface area contributed by atoms with Crippen LogP contribution in [0.4, 0.5) is 4.39 Å². The van der Waals surface area contributed by atoms with E-state index < -0.39 is 5.82 Å². The first-order valence-electron chi connectivity index (χ1n) is 5.55. The Hall–Kier alpha value is -1.17. The zero-order valence-corrected chi connectivity index (χ0v) is 12.1. The van der Waals surface area contributed by atoms with Crippen molar-refractivity contribution in [2.45, 2.75) is 19.4 Å². The van der Waals surface area contributed by atoms with Crippen LogP contribution in [0.1, 0.15) is 12.7 Å². The van der Waals surface area contributed by atoms with Gasteiger partial charge in [-0.05, 0) is 32.2 Å². The smallest absolute Gasteiger partial charge is 0.258 e. The highest BCUT2D eigenvalue weighted by Gasteiger charge is 2.12. The molecule has 0 saturated heterocycles. The van der Waals surface area contributed by atoms with Gasteiger partial charge in [0, 0.05) is 23.0 Å². The quantitative estimate of drug-likeness (QED) is 0.943. The van der Waals surface area contributed by atoms with Crippen LogP contribution in [0.3, 0.4) is 0 Å². The predicted octanol–water partition coefficient (Wildman–Crippen LogP) is 3.10. The molecule has 1 unspecified atom stereocenters. The van der Waals surface area contributed by atoms with Gasteiger partial charge in [-0.25, -0.2) is 4.39 Å². The van der Waals surface area contributed by atoms with Crippen LogP contribution in [0.25, 0.3) is 11.5 Å². The van der Waals surface area contributed by atoms with Crippen molar-refractivity contribution in [2.24, 2.45) is 0 Å². The van der Waals surface area contributed by atoms with Crippen molar-refractivity contribution in [3.8, 4) is 11.5 Å². The fourth-order valence-electron chi connectivity index (χ4n) is 1.51. The van der Waals surface area contributed by atoms with Crippen LogP contribution in [-0.4, -0.2) is 23.2 Å². The van der Waals surface area contributed by atoms with Gasteiger partial charge in [0.05, 0.1) is 0 Å². The van der Waals surface area contributed by atoms with Crippen LogP contribution in [0, 0.1) is 5.82 Å². The van der Waals surface area contributed by atoms with E-state index in [1.807, 2.05) is 14.0 Å². The van der Waals surface area contributed by atoms with Crippen molar-refractivity contribution < 1.29 is 8.91 Å². The Morgan fingerprint density at radius 3 is 2.79 bits per heavy atom. The maximum absolute atomic E-state index is 13.2. The number of hydrogen-bond acceptors (Lipinski definition) is 4. The highest BCUT2D eigenvalue weighted by Crippen LogP contribution is 2.23. The minimum absolute atomic E-state index is 0. The average molecular weight is 306 g/mol. The fourth-order valence-corrected chi connectivity index (χ4v) is 1.73. The molecular weight excluding hydrogens is 292 g/mol. The molecule has 0 aliphatic heterocycles. The lowest BCUT2D eigenvalue weighted by Gasteiger charge is -2.04. The summed E-state index contributed by atoms with van der Waals surface area (Å²) < 4.78 is 18.3. The molecule has 0 bridgehead atoms. The largest absolute Gasteiger partial charge is 0.334 e. The summed E-state index contributed by atoms with van der Waals surface area (Å²) in [5, 5.41) is 7.23. The molecule has 0 aliphatic rings. The Morgan fingerprint density at radius 2 is 2.16 bits per heavy atom. The summed E-state index contributed by atoms with van der Waals surface area (Å²) >= 11 is 5.77. The number of rotatable bonds is 4. The second-order valence-electron chi connectivity index (χ2n) is 4.07. The molecule has 0 aliphatic carbocycles. The van der Waals surface area contributed by atoms with Crippen molar-refractivity contribution in [1.29, 1.82) is 0 Å². The molecule has 1 atom stereocenters. The molecule has 1 N–H and O–H groups in total. The zero-order valence-electron chi connectivity index (χ0n) is 10.5. The molecule has 0 radical (unpaired) electrons. The summed E-state index contributed by atoms with van der Waals surface area (Å²) in [5.41, 5.74) is 0.482. The maximum Gasteiger partial charge on any atom is 0.258 e. The molecule has 1 aromatic heterocycles. The summed E-state index contributed by atoms with van der Waals surface area (Å²) in [6, 6.07) is 4.37. The van der Waals surface area contributed by atoms with Gasteiger partial charge in [-0.3, -0.25) is 0 Å². The van der Waals surface area contributed by atoms with Crippen molar-refractivity contribution in [2.75, 3.05) is 7.05 Å². The summed E-state index contributed by atoms with van der Waals surface area (Å²) in [7, 11) is 1.86. The Bertz CT molecular complexity index is 527.